The number of amides is 4. The minimum Gasteiger partial charge on any atom is -0.352 e. The van der Waals surface area contributed by atoms with Gasteiger partial charge in [-0.1, -0.05) is 42.5 Å². The summed E-state index contributed by atoms with van der Waals surface area (Å²) in [5.74, 6) is -1.07. The number of hydrazine groups is 1. The molecule has 4 amide bonds. The molecular formula is C17H17BrN4O3. The molecule has 0 fully saturated rings. The minimum absolute atomic E-state index is 0.237. The van der Waals surface area contributed by atoms with E-state index in [1.807, 2.05) is 30.3 Å². The molecule has 0 saturated carbocycles. The van der Waals surface area contributed by atoms with E-state index in [4.69, 9.17) is 5.73 Å². The normalized spacial score (nSPS) is 11.2. The Morgan fingerprint density at radius 1 is 0.960 bits per heavy atom. The molecule has 0 aromatic heterocycles. The number of hydrogen-bond donors (Lipinski definition) is 4. The predicted molar refractivity (Wildman–Crippen MR) is 96.4 cm³/mol. The van der Waals surface area contributed by atoms with E-state index in [2.05, 4.69) is 32.1 Å². The second-order valence-corrected chi connectivity index (χ2v) is 6.03. The number of benzene rings is 2. The molecule has 2 rings (SSSR count). The van der Waals surface area contributed by atoms with Crippen molar-refractivity contribution in [3.8, 4) is 0 Å². The van der Waals surface area contributed by atoms with E-state index in [1.165, 1.54) is 0 Å². The van der Waals surface area contributed by atoms with Crippen LogP contribution in [-0.2, 0) is 11.2 Å². The van der Waals surface area contributed by atoms with Crippen LogP contribution in [0.15, 0.2) is 59.1 Å². The highest BCUT2D eigenvalue weighted by Gasteiger charge is 2.21. The number of carbonyl (C=O) groups excluding carboxylic acids is 3. The molecule has 5 N–H and O–H groups in total. The molecule has 8 heteroatoms. The van der Waals surface area contributed by atoms with Gasteiger partial charge in [-0.3, -0.25) is 20.4 Å². The summed E-state index contributed by atoms with van der Waals surface area (Å²) in [5.41, 5.74) is 11.0. The van der Waals surface area contributed by atoms with Gasteiger partial charge in [0, 0.05) is 10.9 Å². The molecule has 1 atom stereocenters. The van der Waals surface area contributed by atoms with Gasteiger partial charge in [0.25, 0.3) is 11.8 Å². The molecule has 0 saturated heterocycles. The molecule has 2 aromatic carbocycles. The van der Waals surface area contributed by atoms with Crippen molar-refractivity contribution in [2.24, 2.45) is 5.73 Å². The fraction of sp³-hybridized carbons (Fsp3) is 0.118. The van der Waals surface area contributed by atoms with Crippen LogP contribution >= 0.6 is 15.9 Å². The summed E-state index contributed by atoms with van der Waals surface area (Å²) >= 11 is 3.26. The monoisotopic (exact) mass is 404 g/mol. The van der Waals surface area contributed by atoms with Crippen LogP contribution in [-0.4, -0.2) is 23.9 Å². The summed E-state index contributed by atoms with van der Waals surface area (Å²) in [7, 11) is 0. The summed E-state index contributed by atoms with van der Waals surface area (Å²) in [4.78, 5) is 35.5. The van der Waals surface area contributed by atoms with E-state index >= 15 is 0 Å². The first kappa shape index (κ1) is 18.5. The second kappa shape index (κ2) is 8.84. The summed E-state index contributed by atoms with van der Waals surface area (Å²) in [5, 5.41) is 2.37. The van der Waals surface area contributed by atoms with Gasteiger partial charge in [-0.2, -0.15) is 0 Å². The van der Waals surface area contributed by atoms with Gasteiger partial charge < -0.3 is 11.1 Å². The molecule has 1 unspecified atom stereocenters. The van der Waals surface area contributed by atoms with Crippen molar-refractivity contribution in [2.75, 3.05) is 0 Å². The molecule has 0 spiro atoms. The van der Waals surface area contributed by atoms with Gasteiger partial charge in [-0.05, 0) is 33.6 Å². The van der Waals surface area contributed by atoms with Gasteiger partial charge in [0.1, 0.15) is 6.04 Å². The Hall–Kier alpha value is -2.87. The maximum absolute atomic E-state index is 12.3. The van der Waals surface area contributed by atoms with Crippen LogP contribution in [0.1, 0.15) is 15.9 Å². The number of rotatable bonds is 5. The second-order valence-electron chi connectivity index (χ2n) is 5.17. The van der Waals surface area contributed by atoms with E-state index in [0.29, 0.717) is 10.0 Å². The SMILES string of the molecule is NC(=O)NC(Cc1ccccc1)C(=O)NNC(=O)c1ccccc1Br. The van der Waals surface area contributed by atoms with Crippen LogP contribution in [0.3, 0.4) is 0 Å². The summed E-state index contributed by atoms with van der Waals surface area (Å²) in [6.07, 6.45) is 0.237. The zero-order chi connectivity index (χ0) is 18.2. The first-order valence-electron chi connectivity index (χ1n) is 7.42. The highest BCUT2D eigenvalue weighted by Crippen LogP contribution is 2.15. The first-order valence-corrected chi connectivity index (χ1v) is 8.21. The average molecular weight is 405 g/mol. The number of urea groups is 1. The third kappa shape index (κ3) is 5.61. The smallest absolute Gasteiger partial charge is 0.312 e. The third-order valence-corrected chi connectivity index (χ3v) is 4.02. The summed E-state index contributed by atoms with van der Waals surface area (Å²) in [6.45, 7) is 0. The zero-order valence-corrected chi connectivity index (χ0v) is 14.7. The fourth-order valence-electron chi connectivity index (χ4n) is 2.15. The molecule has 0 aliphatic carbocycles. The molecule has 0 radical (unpaired) electrons. The van der Waals surface area contributed by atoms with E-state index < -0.39 is 23.9 Å². The van der Waals surface area contributed by atoms with Crippen LogP contribution in [0.25, 0.3) is 0 Å². The number of primary amides is 1. The number of nitrogens with two attached hydrogens (primary N) is 1. The maximum Gasteiger partial charge on any atom is 0.312 e. The molecule has 7 nitrogen and oxygen atoms in total. The average Bonchev–Trinajstić information content (AvgIpc) is 2.59. The highest BCUT2D eigenvalue weighted by molar-refractivity contribution is 9.10. The molecule has 0 bridgehead atoms. The van der Waals surface area contributed by atoms with Crippen molar-refractivity contribution in [3.63, 3.8) is 0 Å². The highest BCUT2D eigenvalue weighted by atomic mass is 79.9. The Balaban J connectivity index is 2.00. The van der Waals surface area contributed by atoms with Crippen molar-refractivity contribution < 1.29 is 14.4 Å². The molecule has 130 valence electrons. The van der Waals surface area contributed by atoms with Gasteiger partial charge in [0.15, 0.2) is 0 Å². The number of nitrogens with one attached hydrogen (secondary N) is 3. The Kier molecular flexibility index (Phi) is 6.53. The van der Waals surface area contributed by atoms with Crippen LogP contribution in [0.4, 0.5) is 4.79 Å². The van der Waals surface area contributed by atoms with Gasteiger partial charge >= 0.3 is 6.03 Å². The maximum atomic E-state index is 12.3. The molecule has 0 aliphatic heterocycles. The fourth-order valence-corrected chi connectivity index (χ4v) is 2.61. The van der Waals surface area contributed by atoms with Crippen molar-refractivity contribution in [3.05, 3.63) is 70.2 Å². The van der Waals surface area contributed by atoms with Crippen LogP contribution in [0, 0.1) is 0 Å². The molecule has 25 heavy (non-hydrogen) atoms. The van der Waals surface area contributed by atoms with Crippen molar-refractivity contribution in [2.45, 2.75) is 12.5 Å². The van der Waals surface area contributed by atoms with E-state index in [-0.39, 0.29) is 6.42 Å². The first-order chi connectivity index (χ1) is 12.0. The minimum atomic E-state index is -0.917. The molecule has 2 aromatic rings. The lowest BCUT2D eigenvalue weighted by atomic mass is 10.1. The summed E-state index contributed by atoms with van der Waals surface area (Å²) < 4.78 is 0.595. The molecular weight excluding hydrogens is 388 g/mol. The van der Waals surface area contributed by atoms with Gasteiger partial charge in [0.2, 0.25) is 0 Å². The molecule has 0 aliphatic rings. The Bertz CT molecular complexity index is 767. The lowest BCUT2D eigenvalue weighted by molar-refractivity contribution is -0.123. The quantitative estimate of drug-likeness (QED) is 0.566. The Morgan fingerprint density at radius 2 is 1.60 bits per heavy atom. The predicted octanol–water partition coefficient (Wildman–Crippen LogP) is 1.49. The van der Waals surface area contributed by atoms with Crippen molar-refractivity contribution >= 4 is 33.8 Å². The van der Waals surface area contributed by atoms with Crippen LogP contribution in [0.5, 0.6) is 0 Å². The third-order valence-electron chi connectivity index (χ3n) is 3.33. The molecule has 0 heterocycles. The van der Waals surface area contributed by atoms with E-state index in [9.17, 15) is 14.4 Å². The Labute approximate surface area is 153 Å². The summed E-state index contributed by atoms with van der Waals surface area (Å²) in [6, 6.07) is 14.2. The number of hydrogen-bond acceptors (Lipinski definition) is 3. The van der Waals surface area contributed by atoms with Crippen LogP contribution in [0.2, 0.25) is 0 Å². The number of carbonyl (C=O) groups is 3. The lowest BCUT2D eigenvalue weighted by Gasteiger charge is -2.18. The van der Waals surface area contributed by atoms with E-state index in [1.54, 1.807) is 24.3 Å². The largest absolute Gasteiger partial charge is 0.352 e. The standard InChI is InChI=1S/C17H17BrN4O3/c18-13-9-5-4-8-12(13)15(23)21-22-16(24)14(20-17(19)25)10-11-6-2-1-3-7-11/h1-9,14H,10H2,(H,21,23)(H,22,24)(H3,19,20,25). The lowest BCUT2D eigenvalue weighted by Crippen LogP contribution is -2.54. The Morgan fingerprint density at radius 3 is 2.24 bits per heavy atom. The van der Waals surface area contributed by atoms with Gasteiger partial charge in [-0.15, -0.1) is 0 Å². The van der Waals surface area contributed by atoms with E-state index in [0.717, 1.165) is 5.56 Å². The topological polar surface area (TPSA) is 113 Å². The van der Waals surface area contributed by atoms with Gasteiger partial charge in [-0.25, -0.2) is 4.79 Å². The zero-order valence-electron chi connectivity index (χ0n) is 13.2. The number of halogens is 1. The van der Waals surface area contributed by atoms with Crippen LogP contribution < -0.4 is 21.9 Å². The van der Waals surface area contributed by atoms with Crippen molar-refractivity contribution in [1.29, 1.82) is 0 Å². The van der Waals surface area contributed by atoms with Gasteiger partial charge in [0.05, 0.1) is 5.56 Å². The van der Waals surface area contributed by atoms with Crippen molar-refractivity contribution in [1.82, 2.24) is 16.2 Å².